The zero-order valence-electron chi connectivity index (χ0n) is 17.2. The minimum atomic E-state index is -0.534. The van der Waals surface area contributed by atoms with E-state index in [1.54, 1.807) is 48.7 Å². The minimum Gasteiger partial charge on any atom is -0.487 e. The van der Waals surface area contributed by atoms with Crippen molar-refractivity contribution in [3.05, 3.63) is 100 Å². The molecule has 2 aromatic heterocycles. The summed E-state index contributed by atoms with van der Waals surface area (Å²) in [5, 5.41) is 2.68. The first-order valence-electron chi connectivity index (χ1n) is 9.87. The van der Waals surface area contributed by atoms with Crippen LogP contribution in [0.5, 0.6) is 11.5 Å². The van der Waals surface area contributed by atoms with Crippen LogP contribution in [0.25, 0.3) is 5.65 Å². The van der Waals surface area contributed by atoms with Crippen molar-refractivity contribution < 1.29 is 18.7 Å². The molecule has 0 unspecified atom stereocenters. The number of para-hydroxylation sites is 1. The van der Waals surface area contributed by atoms with Crippen molar-refractivity contribution in [1.29, 1.82) is 0 Å². The van der Waals surface area contributed by atoms with E-state index in [9.17, 15) is 14.0 Å². The summed E-state index contributed by atoms with van der Waals surface area (Å²) in [4.78, 5) is 28.9. The molecular weight excluding hydrogens is 413 g/mol. The largest absolute Gasteiger partial charge is 0.487 e. The molecule has 2 aromatic carbocycles. The molecule has 7 nitrogen and oxygen atoms in total. The van der Waals surface area contributed by atoms with E-state index < -0.39 is 11.7 Å². The van der Waals surface area contributed by atoms with Gasteiger partial charge in [-0.05, 0) is 42.8 Å². The number of rotatable bonds is 7. The Labute approximate surface area is 183 Å². The van der Waals surface area contributed by atoms with Crippen LogP contribution in [0, 0.1) is 12.7 Å². The Balaban J connectivity index is 1.38. The lowest BCUT2D eigenvalue weighted by molar-refractivity contribution is -0.118. The average Bonchev–Trinajstić information content (AvgIpc) is 2.78. The average molecular weight is 433 g/mol. The van der Waals surface area contributed by atoms with Crippen molar-refractivity contribution in [2.75, 3.05) is 11.9 Å². The number of nitrogens with zero attached hydrogens (tertiary/aromatic N) is 2. The summed E-state index contributed by atoms with van der Waals surface area (Å²) in [6, 6.07) is 17.8. The number of hydrogen-bond donors (Lipinski definition) is 1. The Kier molecular flexibility index (Phi) is 6.12. The van der Waals surface area contributed by atoms with E-state index in [0.29, 0.717) is 22.8 Å². The van der Waals surface area contributed by atoms with E-state index in [4.69, 9.17) is 9.47 Å². The number of halogens is 1. The first-order valence-corrected chi connectivity index (χ1v) is 9.87. The Hall–Kier alpha value is -4.20. The van der Waals surface area contributed by atoms with E-state index in [1.807, 2.05) is 13.0 Å². The van der Waals surface area contributed by atoms with Gasteiger partial charge >= 0.3 is 0 Å². The van der Waals surface area contributed by atoms with Gasteiger partial charge in [-0.25, -0.2) is 9.37 Å². The maximum Gasteiger partial charge on any atom is 0.262 e. The molecule has 0 aliphatic heterocycles. The number of nitrogens with one attached hydrogen (secondary N) is 1. The molecule has 162 valence electrons. The minimum absolute atomic E-state index is 0.00811. The van der Waals surface area contributed by atoms with E-state index in [2.05, 4.69) is 10.3 Å². The second-order valence-corrected chi connectivity index (χ2v) is 7.05. The number of hydrogen-bond acceptors (Lipinski definition) is 5. The van der Waals surface area contributed by atoms with Crippen LogP contribution in [-0.2, 0) is 11.4 Å². The van der Waals surface area contributed by atoms with E-state index in [-0.39, 0.29) is 24.5 Å². The van der Waals surface area contributed by atoms with Crippen molar-refractivity contribution in [1.82, 2.24) is 9.38 Å². The molecule has 0 aliphatic rings. The van der Waals surface area contributed by atoms with Crippen molar-refractivity contribution >= 4 is 17.2 Å². The first-order chi connectivity index (χ1) is 15.5. The number of aromatic nitrogens is 2. The SMILES string of the molecule is Cc1cccn2c(=O)cc(COc3cccc(NC(=O)COc4ccccc4F)c3)nc12. The molecule has 0 bridgehead atoms. The van der Waals surface area contributed by atoms with Gasteiger partial charge < -0.3 is 14.8 Å². The third kappa shape index (κ3) is 4.92. The van der Waals surface area contributed by atoms with Gasteiger partial charge in [-0.1, -0.05) is 24.3 Å². The van der Waals surface area contributed by atoms with Crippen molar-refractivity contribution in [3.8, 4) is 11.5 Å². The molecule has 8 heteroatoms. The Morgan fingerprint density at radius 2 is 1.91 bits per heavy atom. The summed E-state index contributed by atoms with van der Waals surface area (Å²) < 4.78 is 26.0. The third-order valence-electron chi connectivity index (χ3n) is 4.64. The molecule has 0 saturated heterocycles. The maximum atomic E-state index is 13.6. The normalized spacial score (nSPS) is 10.7. The lowest BCUT2D eigenvalue weighted by Gasteiger charge is -2.11. The third-order valence-corrected chi connectivity index (χ3v) is 4.64. The predicted octanol–water partition coefficient (Wildman–Crippen LogP) is 3.74. The van der Waals surface area contributed by atoms with Gasteiger partial charge in [0.05, 0.1) is 5.69 Å². The fourth-order valence-electron chi connectivity index (χ4n) is 3.11. The molecule has 0 fully saturated rings. The van der Waals surface area contributed by atoms with Crippen LogP contribution in [0.2, 0.25) is 0 Å². The summed E-state index contributed by atoms with van der Waals surface area (Å²) in [5.74, 6) is -0.476. The van der Waals surface area contributed by atoms with Crippen LogP contribution in [0.15, 0.2) is 77.7 Å². The number of ether oxygens (including phenoxy) is 2. The predicted molar refractivity (Wildman–Crippen MR) is 117 cm³/mol. The summed E-state index contributed by atoms with van der Waals surface area (Å²) >= 11 is 0. The van der Waals surface area contributed by atoms with Crippen molar-refractivity contribution in [2.24, 2.45) is 0 Å². The molecule has 4 aromatic rings. The van der Waals surface area contributed by atoms with Gasteiger partial charge in [-0.15, -0.1) is 0 Å². The highest BCUT2D eigenvalue weighted by Crippen LogP contribution is 2.19. The van der Waals surface area contributed by atoms with Crippen molar-refractivity contribution in [3.63, 3.8) is 0 Å². The lowest BCUT2D eigenvalue weighted by atomic mass is 10.3. The molecule has 0 saturated carbocycles. The summed E-state index contributed by atoms with van der Waals surface area (Å²) in [6.07, 6.45) is 1.67. The van der Waals surface area contributed by atoms with Gasteiger partial charge in [0.25, 0.3) is 11.5 Å². The molecule has 0 atom stereocenters. The Bertz CT molecular complexity index is 1340. The maximum absolute atomic E-state index is 13.6. The number of anilines is 1. The second-order valence-electron chi connectivity index (χ2n) is 7.05. The Morgan fingerprint density at radius 3 is 2.75 bits per heavy atom. The number of amides is 1. The van der Waals surface area contributed by atoms with Gasteiger partial charge in [-0.3, -0.25) is 14.0 Å². The summed E-state index contributed by atoms with van der Waals surface area (Å²) in [7, 11) is 0. The number of fused-ring (bicyclic) bond motifs is 1. The fourth-order valence-corrected chi connectivity index (χ4v) is 3.11. The number of benzene rings is 2. The number of pyridine rings is 1. The van der Waals surface area contributed by atoms with Crippen LogP contribution in [-0.4, -0.2) is 21.9 Å². The number of aryl methyl sites for hydroxylation is 1. The zero-order chi connectivity index (χ0) is 22.5. The molecule has 2 heterocycles. The van der Waals surface area contributed by atoms with E-state index in [1.165, 1.54) is 22.6 Å². The molecule has 32 heavy (non-hydrogen) atoms. The van der Waals surface area contributed by atoms with Gasteiger partial charge in [0.1, 0.15) is 18.0 Å². The fraction of sp³-hybridized carbons (Fsp3) is 0.125. The number of carbonyl (C=O) groups is 1. The van der Waals surface area contributed by atoms with Crippen molar-refractivity contribution in [2.45, 2.75) is 13.5 Å². The highest BCUT2D eigenvalue weighted by molar-refractivity contribution is 5.92. The van der Waals surface area contributed by atoms with Gasteiger partial charge in [0, 0.05) is 24.0 Å². The standard InChI is InChI=1S/C24H20FN3O4/c1-16-6-5-11-28-23(30)13-18(27-24(16)28)14-31-19-8-4-7-17(12-19)26-22(29)15-32-21-10-3-2-9-20(21)25/h2-13H,14-15H2,1H3,(H,26,29). The first kappa shape index (κ1) is 21.0. The number of carbonyl (C=O) groups excluding carboxylic acids is 1. The quantitative estimate of drug-likeness (QED) is 0.480. The molecule has 1 N–H and O–H groups in total. The lowest BCUT2D eigenvalue weighted by Crippen LogP contribution is -2.20. The zero-order valence-corrected chi connectivity index (χ0v) is 17.2. The monoisotopic (exact) mass is 433 g/mol. The van der Waals surface area contributed by atoms with E-state index >= 15 is 0 Å². The van der Waals surface area contributed by atoms with Gasteiger partial charge in [0.2, 0.25) is 0 Å². The Morgan fingerprint density at radius 1 is 1.06 bits per heavy atom. The smallest absolute Gasteiger partial charge is 0.262 e. The molecule has 4 rings (SSSR count). The van der Waals surface area contributed by atoms with E-state index in [0.717, 1.165) is 5.56 Å². The summed E-state index contributed by atoms with van der Waals surface area (Å²) in [6.45, 7) is 1.64. The van der Waals surface area contributed by atoms with Gasteiger partial charge in [0.15, 0.2) is 18.2 Å². The highest BCUT2D eigenvalue weighted by atomic mass is 19.1. The molecule has 1 amide bonds. The van der Waals surface area contributed by atoms with Crippen LogP contribution in [0.1, 0.15) is 11.3 Å². The summed E-state index contributed by atoms with van der Waals surface area (Å²) in [5.41, 5.74) is 2.26. The van der Waals surface area contributed by atoms with Crippen LogP contribution in [0.3, 0.4) is 0 Å². The van der Waals surface area contributed by atoms with Crippen LogP contribution in [0.4, 0.5) is 10.1 Å². The topological polar surface area (TPSA) is 81.9 Å². The second kappa shape index (κ2) is 9.30. The van der Waals surface area contributed by atoms with Crippen LogP contribution < -0.4 is 20.3 Å². The molecular formula is C24H20FN3O4. The molecule has 0 spiro atoms. The molecule has 0 aliphatic carbocycles. The highest BCUT2D eigenvalue weighted by Gasteiger charge is 2.09. The molecule has 0 radical (unpaired) electrons. The van der Waals surface area contributed by atoms with Crippen LogP contribution >= 0.6 is 0 Å². The van der Waals surface area contributed by atoms with Gasteiger partial charge in [-0.2, -0.15) is 0 Å².